The Morgan fingerprint density at radius 2 is 2.31 bits per heavy atom. The Morgan fingerprint density at radius 3 is 3.04 bits per heavy atom. The minimum Gasteiger partial charge on any atom is -0.348 e. The van der Waals surface area contributed by atoms with Crippen LogP contribution < -0.4 is 10.6 Å². The Balaban J connectivity index is 1.50. The lowest BCUT2D eigenvalue weighted by molar-refractivity contribution is -0.123. The number of rotatable bonds is 4. The molecule has 1 amide bonds. The molecule has 1 aliphatic rings. The molecule has 1 aromatic carbocycles. The van der Waals surface area contributed by atoms with Crippen LogP contribution in [0.2, 0.25) is 0 Å². The van der Waals surface area contributed by atoms with E-state index in [9.17, 15) is 9.18 Å². The van der Waals surface area contributed by atoms with Gasteiger partial charge in [-0.2, -0.15) is 5.10 Å². The average molecular weight is 354 g/mol. The molecule has 4 rings (SSSR count). The van der Waals surface area contributed by atoms with Crippen molar-refractivity contribution in [2.24, 2.45) is 0 Å². The molecule has 134 valence electrons. The maximum Gasteiger partial charge on any atom is 0.242 e. The number of carbonyl (C=O) groups is 1. The number of nitrogens with one attached hydrogen (secondary N) is 3. The number of aryl methyl sites for hydroxylation is 1. The van der Waals surface area contributed by atoms with E-state index in [-0.39, 0.29) is 17.8 Å². The number of hydrogen-bond donors (Lipinski definition) is 3. The SMILES string of the molecule is Cc1nccn1-c1ccc(C(C)NC(=O)C2NCc3[nH]ncc32)cc1F. The van der Waals surface area contributed by atoms with E-state index in [1.54, 1.807) is 29.2 Å². The highest BCUT2D eigenvalue weighted by molar-refractivity contribution is 5.84. The van der Waals surface area contributed by atoms with Crippen LogP contribution in [0, 0.1) is 12.7 Å². The zero-order valence-corrected chi connectivity index (χ0v) is 14.5. The minimum absolute atomic E-state index is 0.160. The van der Waals surface area contributed by atoms with E-state index in [2.05, 4.69) is 25.8 Å². The van der Waals surface area contributed by atoms with Gasteiger partial charge in [0.2, 0.25) is 5.91 Å². The number of fused-ring (bicyclic) bond motifs is 1. The molecule has 8 heteroatoms. The van der Waals surface area contributed by atoms with Gasteiger partial charge in [-0.05, 0) is 31.5 Å². The Kier molecular flexibility index (Phi) is 4.04. The fourth-order valence-electron chi connectivity index (χ4n) is 3.26. The average Bonchev–Trinajstić information content (AvgIpc) is 3.31. The van der Waals surface area contributed by atoms with Crippen LogP contribution in [0.15, 0.2) is 36.8 Å². The number of imidazole rings is 1. The Labute approximate surface area is 149 Å². The molecule has 0 fully saturated rings. The molecule has 1 aliphatic heterocycles. The first-order valence-electron chi connectivity index (χ1n) is 8.40. The van der Waals surface area contributed by atoms with Crippen LogP contribution in [-0.2, 0) is 11.3 Å². The quantitative estimate of drug-likeness (QED) is 0.669. The smallest absolute Gasteiger partial charge is 0.242 e. The predicted molar refractivity (Wildman–Crippen MR) is 93.0 cm³/mol. The topological polar surface area (TPSA) is 87.6 Å². The first kappa shape index (κ1) is 16.5. The molecule has 0 saturated carbocycles. The summed E-state index contributed by atoms with van der Waals surface area (Å²) in [6.07, 6.45) is 5.00. The number of hydrogen-bond acceptors (Lipinski definition) is 4. The van der Waals surface area contributed by atoms with Gasteiger partial charge in [-0.1, -0.05) is 6.07 Å². The molecule has 7 nitrogen and oxygen atoms in total. The summed E-state index contributed by atoms with van der Waals surface area (Å²) < 4.78 is 16.2. The second-order valence-corrected chi connectivity index (χ2v) is 6.40. The van der Waals surface area contributed by atoms with Gasteiger partial charge in [-0.25, -0.2) is 9.37 Å². The van der Waals surface area contributed by atoms with Crippen molar-refractivity contribution in [2.45, 2.75) is 32.5 Å². The maximum absolute atomic E-state index is 14.6. The van der Waals surface area contributed by atoms with Crippen LogP contribution in [0.5, 0.6) is 0 Å². The van der Waals surface area contributed by atoms with Gasteiger partial charge in [-0.15, -0.1) is 0 Å². The third kappa shape index (κ3) is 2.78. The van der Waals surface area contributed by atoms with Crippen LogP contribution in [0.1, 0.15) is 41.7 Å². The van der Waals surface area contributed by atoms with E-state index in [4.69, 9.17) is 0 Å². The highest BCUT2D eigenvalue weighted by Gasteiger charge is 2.30. The molecule has 3 N–H and O–H groups in total. The van der Waals surface area contributed by atoms with Gasteiger partial charge in [0, 0.05) is 24.5 Å². The Bertz CT molecular complexity index is 962. The molecule has 3 heterocycles. The fourth-order valence-corrected chi connectivity index (χ4v) is 3.26. The number of H-pyrrole nitrogens is 1. The summed E-state index contributed by atoms with van der Waals surface area (Å²) in [6, 6.07) is 4.19. The molecule has 0 spiro atoms. The first-order valence-corrected chi connectivity index (χ1v) is 8.40. The number of benzene rings is 1. The molecule has 2 atom stereocenters. The molecule has 0 radical (unpaired) electrons. The van der Waals surface area contributed by atoms with E-state index < -0.39 is 6.04 Å². The lowest BCUT2D eigenvalue weighted by atomic mass is 10.1. The maximum atomic E-state index is 14.6. The van der Waals surface area contributed by atoms with Crippen molar-refractivity contribution in [1.82, 2.24) is 30.4 Å². The molecule has 2 aromatic heterocycles. The van der Waals surface area contributed by atoms with Crippen molar-refractivity contribution in [3.63, 3.8) is 0 Å². The number of halogens is 1. The van der Waals surface area contributed by atoms with Crippen molar-refractivity contribution in [3.8, 4) is 5.69 Å². The molecule has 3 aromatic rings. The number of aromatic nitrogens is 4. The number of amides is 1. The molecular formula is C18H19FN6O. The van der Waals surface area contributed by atoms with Gasteiger partial charge in [0.15, 0.2) is 0 Å². The van der Waals surface area contributed by atoms with Crippen molar-refractivity contribution in [1.29, 1.82) is 0 Å². The Hall–Kier alpha value is -3.00. The van der Waals surface area contributed by atoms with E-state index in [1.165, 1.54) is 6.07 Å². The third-order valence-electron chi connectivity index (χ3n) is 4.72. The van der Waals surface area contributed by atoms with Gasteiger partial charge < -0.3 is 9.88 Å². The van der Waals surface area contributed by atoms with Gasteiger partial charge in [0.1, 0.15) is 17.7 Å². The summed E-state index contributed by atoms with van der Waals surface area (Å²) in [5.74, 6) is 0.189. The van der Waals surface area contributed by atoms with E-state index >= 15 is 0 Å². The van der Waals surface area contributed by atoms with E-state index in [0.29, 0.717) is 23.6 Å². The molecule has 0 bridgehead atoms. The summed E-state index contributed by atoms with van der Waals surface area (Å²) in [6.45, 7) is 4.23. The van der Waals surface area contributed by atoms with Crippen molar-refractivity contribution < 1.29 is 9.18 Å². The molecule has 0 aliphatic carbocycles. The van der Waals surface area contributed by atoms with Gasteiger partial charge in [0.25, 0.3) is 0 Å². The second kappa shape index (κ2) is 6.38. The van der Waals surface area contributed by atoms with Crippen molar-refractivity contribution in [2.75, 3.05) is 0 Å². The zero-order chi connectivity index (χ0) is 18.3. The molecule has 0 saturated heterocycles. The van der Waals surface area contributed by atoms with Crippen LogP contribution in [-0.4, -0.2) is 25.7 Å². The zero-order valence-electron chi connectivity index (χ0n) is 14.5. The summed E-state index contributed by atoms with van der Waals surface area (Å²) >= 11 is 0. The summed E-state index contributed by atoms with van der Waals surface area (Å²) in [5.41, 5.74) is 2.90. The van der Waals surface area contributed by atoms with Crippen molar-refractivity contribution >= 4 is 5.91 Å². The Morgan fingerprint density at radius 1 is 1.46 bits per heavy atom. The lowest BCUT2D eigenvalue weighted by Gasteiger charge is -2.18. The summed E-state index contributed by atoms with van der Waals surface area (Å²) in [4.78, 5) is 16.7. The van der Waals surface area contributed by atoms with Crippen LogP contribution in [0.4, 0.5) is 4.39 Å². The molecular weight excluding hydrogens is 335 g/mol. The van der Waals surface area contributed by atoms with E-state index in [1.807, 2.05) is 19.9 Å². The van der Waals surface area contributed by atoms with Gasteiger partial charge >= 0.3 is 0 Å². The fraction of sp³-hybridized carbons (Fsp3) is 0.278. The normalized spacial score (nSPS) is 17.1. The van der Waals surface area contributed by atoms with Crippen LogP contribution in [0.25, 0.3) is 5.69 Å². The van der Waals surface area contributed by atoms with E-state index in [0.717, 1.165) is 11.3 Å². The lowest BCUT2D eigenvalue weighted by Crippen LogP contribution is -2.35. The van der Waals surface area contributed by atoms with Crippen molar-refractivity contribution in [3.05, 3.63) is 65.3 Å². The first-order chi connectivity index (χ1) is 12.5. The monoisotopic (exact) mass is 354 g/mol. The summed E-state index contributed by atoms with van der Waals surface area (Å²) in [7, 11) is 0. The number of nitrogens with zero attached hydrogens (tertiary/aromatic N) is 3. The standard InChI is InChI=1S/C18H19FN6O/c1-10(23-18(26)17-13-8-22-24-15(13)9-21-17)12-3-4-16(14(19)7-12)25-6-5-20-11(25)2/h3-8,10,17,21H,9H2,1-2H3,(H,22,24)(H,23,26). The minimum atomic E-state index is -0.441. The largest absolute Gasteiger partial charge is 0.348 e. The van der Waals surface area contributed by atoms with Crippen LogP contribution >= 0.6 is 0 Å². The second-order valence-electron chi connectivity index (χ2n) is 6.40. The summed E-state index contributed by atoms with van der Waals surface area (Å²) in [5, 5.41) is 12.9. The van der Waals surface area contributed by atoms with Gasteiger partial charge in [-0.3, -0.25) is 15.2 Å². The van der Waals surface area contributed by atoms with Gasteiger partial charge in [0.05, 0.1) is 23.6 Å². The highest BCUT2D eigenvalue weighted by Crippen LogP contribution is 2.25. The third-order valence-corrected chi connectivity index (χ3v) is 4.72. The molecule has 26 heavy (non-hydrogen) atoms. The highest BCUT2D eigenvalue weighted by atomic mass is 19.1. The predicted octanol–water partition coefficient (Wildman–Crippen LogP) is 2.06. The van der Waals surface area contributed by atoms with Crippen LogP contribution in [0.3, 0.4) is 0 Å². The number of aromatic amines is 1. The number of carbonyl (C=O) groups excluding carboxylic acids is 1. The molecule has 2 unspecified atom stereocenters.